The Morgan fingerprint density at radius 1 is 1.30 bits per heavy atom. The Kier molecular flexibility index (Phi) is 4.29. The van der Waals surface area contributed by atoms with Crippen LogP contribution in [0.2, 0.25) is 0 Å². The fraction of sp³-hybridized carbons (Fsp3) is 0.400. The van der Waals surface area contributed by atoms with Gasteiger partial charge in [-0.05, 0) is 35.8 Å². The number of pyridine rings is 1. The van der Waals surface area contributed by atoms with Crippen molar-refractivity contribution >= 4 is 16.5 Å². The van der Waals surface area contributed by atoms with Gasteiger partial charge in [0.25, 0.3) is 5.69 Å². The number of nitro benzene ring substituents is 1. The summed E-state index contributed by atoms with van der Waals surface area (Å²) >= 11 is 0. The molecule has 20 heavy (non-hydrogen) atoms. The maximum absolute atomic E-state index is 11.0. The molecule has 0 amide bonds. The Bertz CT molecular complexity index is 626. The van der Waals surface area contributed by atoms with Crippen LogP contribution in [0.3, 0.4) is 0 Å². The van der Waals surface area contributed by atoms with E-state index in [1.54, 1.807) is 18.3 Å². The standard InChI is InChI=1S/C15H18N2O3/c1-10(2)7-12(18)8-11-3-4-15(17(19)20)14-9-16-6-5-13(11)14/h3-6,9-10,12,18H,7-8H2,1-2H3. The molecule has 0 spiro atoms. The van der Waals surface area contributed by atoms with Crippen LogP contribution in [-0.4, -0.2) is 21.1 Å². The molecule has 5 heteroatoms. The number of aromatic nitrogens is 1. The van der Waals surface area contributed by atoms with Gasteiger partial charge in [-0.1, -0.05) is 19.9 Å². The van der Waals surface area contributed by atoms with Crippen LogP contribution in [0.25, 0.3) is 10.8 Å². The zero-order chi connectivity index (χ0) is 14.7. The molecule has 2 rings (SSSR count). The summed E-state index contributed by atoms with van der Waals surface area (Å²) in [7, 11) is 0. The first-order valence-corrected chi connectivity index (χ1v) is 6.67. The summed E-state index contributed by atoms with van der Waals surface area (Å²) < 4.78 is 0. The largest absolute Gasteiger partial charge is 0.393 e. The molecular formula is C15H18N2O3. The Labute approximate surface area is 117 Å². The molecule has 0 saturated heterocycles. The first kappa shape index (κ1) is 14.4. The van der Waals surface area contributed by atoms with Gasteiger partial charge in [0.15, 0.2) is 0 Å². The number of benzene rings is 1. The Balaban J connectivity index is 2.40. The maximum Gasteiger partial charge on any atom is 0.278 e. The molecule has 0 bridgehead atoms. The molecule has 0 fully saturated rings. The van der Waals surface area contributed by atoms with Crippen molar-refractivity contribution in [2.75, 3.05) is 0 Å². The summed E-state index contributed by atoms with van der Waals surface area (Å²) in [6.45, 7) is 4.11. The minimum absolute atomic E-state index is 0.0511. The zero-order valence-corrected chi connectivity index (χ0v) is 11.6. The molecule has 0 radical (unpaired) electrons. The third kappa shape index (κ3) is 3.11. The zero-order valence-electron chi connectivity index (χ0n) is 11.6. The highest BCUT2D eigenvalue weighted by Gasteiger charge is 2.16. The van der Waals surface area contributed by atoms with E-state index in [-0.39, 0.29) is 5.69 Å². The van der Waals surface area contributed by atoms with Crippen LogP contribution in [0.1, 0.15) is 25.8 Å². The third-order valence-electron chi connectivity index (χ3n) is 3.28. The minimum atomic E-state index is -0.437. The van der Waals surface area contributed by atoms with Crippen molar-refractivity contribution in [1.29, 1.82) is 0 Å². The fourth-order valence-electron chi connectivity index (χ4n) is 2.46. The number of non-ortho nitro benzene ring substituents is 1. The Hall–Kier alpha value is -2.01. The molecule has 106 valence electrons. The number of rotatable bonds is 5. The summed E-state index contributed by atoms with van der Waals surface area (Å²) in [4.78, 5) is 14.6. The van der Waals surface area contributed by atoms with Gasteiger partial charge in [-0.3, -0.25) is 15.1 Å². The van der Waals surface area contributed by atoms with Gasteiger partial charge in [0.2, 0.25) is 0 Å². The van der Waals surface area contributed by atoms with Crippen molar-refractivity contribution in [2.24, 2.45) is 5.92 Å². The predicted molar refractivity (Wildman–Crippen MR) is 77.6 cm³/mol. The minimum Gasteiger partial charge on any atom is -0.393 e. The number of nitro groups is 1. The van der Waals surface area contributed by atoms with Gasteiger partial charge in [0, 0.05) is 18.5 Å². The molecule has 1 atom stereocenters. The lowest BCUT2D eigenvalue weighted by Crippen LogP contribution is -2.13. The molecule has 0 saturated carbocycles. The molecule has 1 aromatic heterocycles. The topological polar surface area (TPSA) is 76.3 Å². The van der Waals surface area contributed by atoms with Gasteiger partial charge in [0.05, 0.1) is 16.4 Å². The molecule has 0 aliphatic heterocycles. The number of aliphatic hydroxyl groups is 1. The van der Waals surface area contributed by atoms with Crippen LogP contribution in [0.5, 0.6) is 0 Å². The lowest BCUT2D eigenvalue weighted by molar-refractivity contribution is -0.383. The summed E-state index contributed by atoms with van der Waals surface area (Å²) in [6, 6.07) is 4.98. The van der Waals surface area contributed by atoms with Gasteiger partial charge in [0.1, 0.15) is 0 Å². The number of hydrogen-bond acceptors (Lipinski definition) is 4. The molecule has 1 N–H and O–H groups in total. The van der Waals surface area contributed by atoms with E-state index in [1.807, 2.05) is 0 Å². The first-order chi connectivity index (χ1) is 9.49. The van der Waals surface area contributed by atoms with E-state index in [0.717, 1.165) is 10.9 Å². The summed E-state index contributed by atoms with van der Waals surface area (Å²) in [5, 5.41) is 22.4. The second-order valence-electron chi connectivity index (χ2n) is 5.41. The van der Waals surface area contributed by atoms with E-state index in [9.17, 15) is 15.2 Å². The smallest absolute Gasteiger partial charge is 0.278 e. The molecule has 0 aliphatic carbocycles. The van der Waals surface area contributed by atoms with Gasteiger partial charge >= 0.3 is 0 Å². The van der Waals surface area contributed by atoms with Crippen molar-refractivity contribution in [2.45, 2.75) is 32.8 Å². The highest BCUT2D eigenvalue weighted by atomic mass is 16.6. The van der Waals surface area contributed by atoms with Crippen LogP contribution in [0, 0.1) is 16.0 Å². The summed E-state index contributed by atoms with van der Waals surface area (Å²) in [5.74, 6) is 0.413. The highest BCUT2D eigenvalue weighted by molar-refractivity contribution is 5.92. The van der Waals surface area contributed by atoms with Crippen molar-refractivity contribution < 1.29 is 10.0 Å². The van der Waals surface area contributed by atoms with Crippen LogP contribution >= 0.6 is 0 Å². The van der Waals surface area contributed by atoms with Gasteiger partial charge in [-0.2, -0.15) is 0 Å². The third-order valence-corrected chi connectivity index (χ3v) is 3.28. The molecule has 2 aromatic rings. The highest BCUT2D eigenvalue weighted by Crippen LogP contribution is 2.28. The number of hydrogen-bond donors (Lipinski definition) is 1. The lowest BCUT2D eigenvalue weighted by Gasteiger charge is -2.14. The molecule has 1 unspecified atom stereocenters. The predicted octanol–water partition coefficient (Wildman–Crippen LogP) is 3.09. The number of nitrogens with zero attached hydrogens (tertiary/aromatic N) is 2. The molecule has 0 aliphatic rings. The van der Waals surface area contributed by atoms with E-state index in [4.69, 9.17) is 0 Å². The monoisotopic (exact) mass is 274 g/mol. The molecular weight excluding hydrogens is 256 g/mol. The average Bonchev–Trinajstić information content (AvgIpc) is 2.37. The number of fused-ring (bicyclic) bond motifs is 1. The maximum atomic E-state index is 11.0. The van der Waals surface area contributed by atoms with Crippen molar-refractivity contribution in [1.82, 2.24) is 4.98 Å². The van der Waals surface area contributed by atoms with E-state index in [1.165, 1.54) is 12.3 Å². The van der Waals surface area contributed by atoms with Crippen LogP contribution in [-0.2, 0) is 6.42 Å². The fourth-order valence-corrected chi connectivity index (χ4v) is 2.46. The van der Waals surface area contributed by atoms with E-state index in [0.29, 0.717) is 24.1 Å². The van der Waals surface area contributed by atoms with E-state index >= 15 is 0 Å². The second-order valence-corrected chi connectivity index (χ2v) is 5.41. The van der Waals surface area contributed by atoms with Crippen molar-refractivity contribution in [3.63, 3.8) is 0 Å². The number of aliphatic hydroxyl groups excluding tert-OH is 1. The Morgan fingerprint density at radius 2 is 2.05 bits per heavy atom. The van der Waals surface area contributed by atoms with Crippen molar-refractivity contribution in [3.8, 4) is 0 Å². The van der Waals surface area contributed by atoms with Crippen LogP contribution in [0.15, 0.2) is 30.6 Å². The molecule has 5 nitrogen and oxygen atoms in total. The molecule has 1 heterocycles. The normalized spacial score (nSPS) is 12.8. The Morgan fingerprint density at radius 3 is 2.70 bits per heavy atom. The van der Waals surface area contributed by atoms with Crippen LogP contribution < -0.4 is 0 Å². The van der Waals surface area contributed by atoms with Crippen LogP contribution in [0.4, 0.5) is 5.69 Å². The summed E-state index contributed by atoms with van der Waals surface area (Å²) in [6.07, 6.45) is 3.89. The van der Waals surface area contributed by atoms with Gasteiger partial charge < -0.3 is 5.11 Å². The second kappa shape index (κ2) is 5.96. The SMILES string of the molecule is CC(C)CC(O)Cc1ccc([N+](=O)[O-])c2cnccc12. The van der Waals surface area contributed by atoms with Gasteiger partial charge in [-0.25, -0.2) is 0 Å². The quantitative estimate of drug-likeness (QED) is 0.671. The van der Waals surface area contributed by atoms with E-state index in [2.05, 4.69) is 18.8 Å². The van der Waals surface area contributed by atoms with Crippen molar-refractivity contribution in [3.05, 3.63) is 46.3 Å². The average molecular weight is 274 g/mol. The summed E-state index contributed by atoms with van der Waals surface area (Å²) in [5.41, 5.74) is 0.969. The first-order valence-electron chi connectivity index (χ1n) is 6.67. The lowest BCUT2D eigenvalue weighted by atomic mass is 9.96. The van der Waals surface area contributed by atoms with E-state index < -0.39 is 11.0 Å². The molecule has 1 aromatic carbocycles. The van der Waals surface area contributed by atoms with Gasteiger partial charge in [-0.15, -0.1) is 0 Å².